The summed E-state index contributed by atoms with van der Waals surface area (Å²) < 4.78 is 27.6. The molecule has 1 amide bonds. The molecule has 0 spiro atoms. The lowest BCUT2D eigenvalue weighted by Crippen LogP contribution is -2.49. The summed E-state index contributed by atoms with van der Waals surface area (Å²) in [6.07, 6.45) is 1.22. The van der Waals surface area contributed by atoms with E-state index in [2.05, 4.69) is 4.98 Å². The van der Waals surface area contributed by atoms with Gasteiger partial charge in [0.05, 0.1) is 4.92 Å². The van der Waals surface area contributed by atoms with Crippen molar-refractivity contribution in [3.05, 3.63) is 44.8 Å². The maximum Gasteiger partial charge on any atom is 0.287 e. The van der Waals surface area contributed by atoms with Crippen molar-refractivity contribution >= 4 is 50.5 Å². The van der Waals surface area contributed by atoms with E-state index >= 15 is 0 Å². The fraction of sp³-hybridized carbons (Fsp3) is 0.444. The molecule has 166 valence electrons. The zero-order chi connectivity index (χ0) is 22.0. The molecule has 0 atom stereocenters. The highest BCUT2D eigenvalue weighted by Gasteiger charge is 2.33. The Hall–Kier alpha value is -2.22. The van der Waals surface area contributed by atoms with E-state index in [1.54, 1.807) is 28.1 Å². The summed E-state index contributed by atoms with van der Waals surface area (Å²) >= 11 is 2.88. The van der Waals surface area contributed by atoms with E-state index in [-0.39, 0.29) is 21.4 Å². The van der Waals surface area contributed by atoms with Gasteiger partial charge in [0.2, 0.25) is 10.0 Å². The van der Waals surface area contributed by atoms with Gasteiger partial charge in [0.15, 0.2) is 0 Å². The lowest BCUT2D eigenvalue weighted by molar-refractivity contribution is -0.385. The van der Waals surface area contributed by atoms with Gasteiger partial charge < -0.3 is 9.80 Å². The first-order valence-electron chi connectivity index (χ1n) is 9.68. The third kappa shape index (κ3) is 4.54. The normalized spacial score (nSPS) is 18.2. The van der Waals surface area contributed by atoms with Gasteiger partial charge in [-0.25, -0.2) is 13.4 Å². The van der Waals surface area contributed by atoms with Gasteiger partial charge >= 0.3 is 0 Å². The molecule has 0 unspecified atom stereocenters. The maximum absolute atomic E-state index is 13.1. The number of nitrogens with zero attached hydrogens (tertiary/aromatic N) is 5. The highest BCUT2D eigenvalue weighted by molar-refractivity contribution is 7.99. The predicted octanol–water partition coefficient (Wildman–Crippen LogP) is 1.75. The van der Waals surface area contributed by atoms with Gasteiger partial charge in [0, 0.05) is 56.8 Å². The number of anilines is 1. The quantitative estimate of drug-likeness (QED) is 0.466. The molecule has 2 aromatic heterocycles. The number of rotatable bonds is 5. The molecule has 0 saturated carbocycles. The molecule has 0 N–H and O–H groups in total. The van der Waals surface area contributed by atoms with Crippen molar-refractivity contribution in [3.63, 3.8) is 0 Å². The number of hydrogen-bond donors (Lipinski definition) is 0. The number of amides is 1. The fourth-order valence-electron chi connectivity index (χ4n) is 3.54. The van der Waals surface area contributed by atoms with Crippen molar-refractivity contribution in [1.29, 1.82) is 0 Å². The number of aromatic nitrogens is 1. The van der Waals surface area contributed by atoms with Crippen LogP contribution in [0, 0.1) is 10.1 Å². The minimum Gasteiger partial charge on any atom is -0.353 e. The minimum absolute atomic E-state index is 0.0729. The number of thioether (sulfide) groups is 1. The molecule has 31 heavy (non-hydrogen) atoms. The highest BCUT2D eigenvalue weighted by atomic mass is 32.2. The van der Waals surface area contributed by atoms with E-state index in [1.165, 1.54) is 22.6 Å². The summed E-state index contributed by atoms with van der Waals surface area (Å²) in [4.78, 5) is 31.5. The lowest BCUT2D eigenvalue weighted by atomic mass is 10.2. The van der Waals surface area contributed by atoms with Crippen LogP contribution in [0.2, 0.25) is 0 Å². The summed E-state index contributed by atoms with van der Waals surface area (Å²) in [6.45, 7) is 2.75. The standard InChI is InChI=1S/C18H21N5O5S3/c24-18(17-15(3-10-30-17)31(27,28)22-8-11-29-12-9-22)21-6-4-20(5-7-21)16-2-1-14(13-19-16)23(25)26/h1-3,10,13H,4-9,11-12H2. The average Bonchev–Trinajstić information content (AvgIpc) is 3.30. The maximum atomic E-state index is 13.1. The molecule has 2 fully saturated rings. The first-order chi connectivity index (χ1) is 14.9. The summed E-state index contributed by atoms with van der Waals surface area (Å²) in [7, 11) is -3.69. The van der Waals surface area contributed by atoms with Crippen molar-refractivity contribution in [3.8, 4) is 0 Å². The van der Waals surface area contributed by atoms with Crippen molar-refractivity contribution in [1.82, 2.24) is 14.2 Å². The molecular weight excluding hydrogens is 462 g/mol. The molecule has 4 heterocycles. The molecule has 2 saturated heterocycles. The average molecular weight is 484 g/mol. The monoisotopic (exact) mass is 483 g/mol. The number of hydrogen-bond acceptors (Lipinski definition) is 9. The van der Waals surface area contributed by atoms with Crippen molar-refractivity contribution < 1.29 is 18.1 Å². The molecule has 4 rings (SSSR count). The molecule has 0 bridgehead atoms. The Morgan fingerprint density at radius 1 is 1.06 bits per heavy atom. The minimum atomic E-state index is -3.69. The number of sulfonamides is 1. The first kappa shape index (κ1) is 22.0. The summed E-state index contributed by atoms with van der Waals surface area (Å²) in [5.74, 6) is 1.84. The molecule has 2 aliphatic rings. The van der Waals surface area contributed by atoms with Crippen LogP contribution in [0.25, 0.3) is 0 Å². The van der Waals surface area contributed by atoms with Gasteiger partial charge in [-0.2, -0.15) is 16.1 Å². The van der Waals surface area contributed by atoms with Crippen LogP contribution in [-0.4, -0.2) is 84.2 Å². The van der Waals surface area contributed by atoms with E-state index < -0.39 is 14.9 Å². The van der Waals surface area contributed by atoms with Crippen molar-refractivity contribution in [2.45, 2.75) is 4.90 Å². The molecule has 10 nitrogen and oxygen atoms in total. The number of piperazine rings is 1. The number of thiophene rings is 1. The van der Waals surface area contributed by atoms with Crippen LogP contribution in [0.4, 0.5) is 11.5 Å². The summed E-state index contributed by atoms with van der Waals surface area (Å²) in [6, 6.07) is 4.52. The van der Waals surface area contributed by atoms with Crippen LogP contribution in [0.3, 0.4) is 0 Å². The summed E-state index contributed by atoms with van der Waals surface area (Å²) in [5.41, 5.74) is -0.0729. The van der Waals surface area contributed by atoms with E-state index in [1.807, 2.05) is 4.90 Å². The Labute approximate surface area is 188 Å². The van der Waals surface area contributed by atoms with E-state index in [0.717, 1.165) is 22.8 Å². The van der Waals surface area contributed by atoms with E-state index in [0.29, 0.717) is 45.1 Å². The number of pyridine rings is 1. The molecule has 0 aliphatic carbocycles. The summed E-state index contributed by atoms with van der Waals surface area (Å²) in [5, 5.41) is 12.4. The van der Waals surface area contributed by atoms with Crippen LogP contribution in [0.1, 0.15) is 9.67 Å². The van der Waals surface area contributed by atoms with Gasteiger partial charge in [0.25, 0.3) is 11.6 Å². The highest BCUT2D eigenvalue weighted by Crippen LogP contribution is 2.29. The van der Waals surface area contributed by atoms with E-state index in [9.17, 15) is 23.3 Å². The number of nitro groups is 1. The van der Waals surface area contributed by atoms with Gasteiger partial charge in [-0.15, -0.1) is 11.3 Å². The number of carbonyl (C=O) groups excluding carboxylic acids is 1. The van der Waals surface area contributed by atoms with Gasteiger partial charge in [-0.1, -0.05) is 0 Å². The van der Waals surface area contributed by atoms with Gasteiger partial charge in [-0.3, -0.25) is 14.9 Å². The second-order valence-electron chi connectivity index (χ2n) is 7.04. The Kier molecular flexibility index (Phi) is 6.46. The Morgan fingerprint density at radius 2 is 1.77 bits per heavy atom. The Bertz CT molecular complexity index is 1060. The van der Waals surface area contributed by atoms with Crippen molar-refractivity contribution in [2.24, 2.45) is 0 Å². The van der Waals surface area contributed by atoms with Crippen LogP contribution in [-0.2, 0) is 10.0 Å². The second kappa shape index (κ2) is 9.10. The second-order valence-corrected chi connectivity index (χ2v) is 11.1. The van der Waals surface area contributed by atoms with Crippen LogP contribution >= 0.6 is 23.1 Å². The van der Waals surface area contributed by atoms with Crippen LogP contribution in [0.5, 0.6) is 0 Å². The van der Waals surface area contributed by atoms with E-state index in [4.69, 9.17) is 0 Å². The van der Waals surface area contributed by atoms with Crippen molar-refractivity contribution in [2.75, 3.05) is 55.7 Å². The molecular formula is C18H21N5O5S3. The third-order valence-corrected chi connectivity index (χ3v) is 9.16. The molecule has 0 radical (unpaired) electrons. The third-order valence-electron chi connectivity index (χ3n) is 5.25. The topological polar surface area (TPSA) is 117 Å². The molecule has 2 aliphatic heterocycles. The first-order valence-corrected chi connectivity index (χ1v) is 13.2. The smallest absolute Gasteiger partial charge is 0.287 e. The SMILES string of the molecule is O=C(c1sccc1S(=O)(=O)N1CCSCC1)N1CCN(c2ccc([N+](=O)[O-])cn2)CC1. The lowest BCUT2D eigenvalue weighted by Gasteiger charge is -2.35. The van der Waals surface area contributed by atoms with Crippen LogP contribution in [0.15, 0.2) is 34.7 Å². The zero-order valence-corrected chi connectivity index (χ0v) is 19.0. The Morgan fingerprint density at radius 3 is 2.39 bits per heavy atom. The fourth-order valence-corrected chi connectivity index (χ4v) is 7.48. The molecule has 2 aromatic rings. The van der Waals surface area contributed by atoms with Gasteiger partial charge in [-0.05, 0) is 17.5 Å². The largest absolute Gasteiger partial charge is 0.353 e. The number of carbonyl (C=O) groups is 1. The molecule has 0 aromatic carbocycles. The molecule has 13 heteroatoms. The van der Waals surface area contributed by atoms with Gasteiger partial charge in [0.1, 0.15) is 21.8 Å². The predicted molar refractivity (Wildman–Crippen MR) is 119 cm³/mol. The Balaban J connectivity index is 1.44. The zero-order valence-electron chi connectivity index (χ0n) is 16.5. The van der Waals surface area contributed by atoms with Crippen LogP contribution < -0.4 is 4.90 Å².